The number of aromatic nitrogens is 2. The van der Waals surface area contributed by atoms with Gasteiger partial charge in [0.25, 0.3) is 0 Å². The van der Waals surface area contributed by atoms with E-state index < -0.39 is 11.7 Å². The van der Waals surface area contributed by atoms with E-state index in [0.29, 0.717) is 5.56 Å². The van der Waals surface area contributed by atoms with Gasteiger partial charge in [0, 0.05) is 0 Å². The number of hydrogen-bond acceptors (Lipinski definition) is 3. The van der Waals surface area contributed by atoms with Gasteiger partial charge in [0.15, 0.2) is 5.82 Å². The fourth-order valence-corrected chi connectivity index (χ4v) is 1.51. The third kappa shape index (κ3) is 2.89. The van der Waals surface area contributed by atoms with Gasteiger partial charge < -0.3 is 4.52 Å². The van der Waals surface area contributed by atoms with Crippen molar-refractivity contribution in [3.05, 3.63) is 46.6 Å². The highest BCUT2D eigenvalue weighted by molar-refractivity contribution is 6.31. The van der Waals surface area contributed by atoms with E-state index in [2.05, 4.69) is 14.7 Å². The van der Waals surface area contributed by atoms with Crippen molar-refractivity contribution in [1.29, 1.82) is 0 Å². The molecule has 0 aliphatic rings. The molecule has 3 nitrogen and oxygen atoms in total. The van der Waals surface area contributed by atoms with E-state index in [4.69, 9.17) is 11.6 Å². The molecule has 0 saturated heterocycles. The Morgan fingerprint density at radius 3 is 2.61 bits per heavy atom. The van der Waals surface area contributed by atoms with Gasteiger partial charge in [-0.15, -0.1) is 0 Å². The van der Waals surface area contributed by atoms with Crippen LogP contribution < -0.4 is 0 Å². The lowest BCUT2D eigenvalue weighted by molar-refractivity contribution is -0.137. The van der Waals surface area contributed by atoms with Gasteiger partial charge in [-0.05, 0) is 23.8 Å². The number of nitrogens with zero attached hydrogens (tertiary/aromatic N) is 2. The topological polar surface area (TPSA) is 38.9 Å². The molecule has 0 radical (unpaired) electrons. The highest BCUT2D eigenvalue weighted by Gasteiger charge is 2.33. The van der Waals surface area contributed by atoms with E-state index >= 15 is 0 Å². The highest BCUT2D eigenvalue weighted by atomic mass is 35.5. The molecule has 2 aromatic rings. The van der Waals surface area contributed by atoms with Gasteiger partial charge in [-0.2, -0.15) is 18.2 Å². The molecule has 94 valence electrons. The van der Waals surface area contributed by atoms with Crippen molar-refractivity contribution in [3.8, 4) is 0 Å². The van der Waals surface area contributed by atoms with Crippen LogP contribution in [0.3, 0.4) is 0 Å². The predicted octanol–water partition coefficient (Wildman–Crippen LogP) is 3.91. The number of rotatable bonds is 2. The first-order chi connectivity index (χ1) is 8.47. The summed E-state index contributed by atoms with van der Waals surface area (Å²) >= 11 is 5.50. The Kier molecular flexibility index (Phi) is 3.38. The lowest BCUT2D eigenvalue weighted by Gasteiger charge is -2.09. The Balaban J connectivity index is 2.30. The molecule has 0 spiro atoms. The van der Waals surface area contributed by atoms with Crippen LogP contribution in [0.4, 0.5) is 13.2 Å². The lowest BCUT2D eigenvalue weighted by Crippen LogP contribution is -2.05. The fraction of sp³-hybridized carbons (Fsp3) is 0.0909. The van der Waals surface area contributed by atoms with E-state index in [9.17, 15) is 13.2 Å². The van der Waals surface area contributed by atoms with Crippen molar-refractivity contribution in [2.24, 2.45) is 0 Å². The molecular formula is C11H6ClF3N2O. The summed E-state index contributed by atoms with van der Waals surface area (Å²) in [5, 5.41) is 3.16. The largest absolute Gasteiger partial charge is 0.417 e. The molecule has 0 aliphatic carbocycles. The monoisotopic (exact) mass is 274 g/mol. The Bertz CT molecular complexity index is 564. The lowest BCUT2D eigenvalue weighted by atomic mass is 10.1. The molecule has 0 aliphatic heterocycles. The van der Waals surface area contributed by atoms with Crippen molar-refractivity contribution in [2.45, 2.75) is 6.18 Å². The van der Waals surface area contributed by atoms with Crippen LogP contribution in [0.15, 0.2) is 29.1 Å². The molecular weight excluding hydrogens is 269 g/mol. The van der Waals surface area contributed by atoms with Gasteiger partial charge in [-0.3, -0.25) is 0 Å². The number of benzene rings is 1. The summed E-state index contributed by atoms with van der Waals surface area (Å²) in [6.45, 7) is 0. The maximum atomic E-state index is 12.6. The summed E-state index contributed by atoms with van der Waals surface area (Å²) < 4.78 is 42.3. The van der Waals surface area contributed by atoms with Crippen LogP contribution in [0.2, 0.25) is 5.02 Å². The Morgan fingerprint density at radius 1 is 1.22 bits per heavy atom. The molecule has 1 heterocycles. The van der Waals surface area contributed by atoms with E-state index in [-0.39, 0.29) is 10.8 Å². The van der Waals surface area contributed by atoms with Gasteiger partial charge >= 0.3 is 6.18 Å². The standard InChI is InChI=1S/C11H6ClF3N2O/c12-9-3-1-7(5-8(9)11(13,14)15)2-4-10-16-6-18-17-10/h1-6H/b4-2+. The van der Waals surface area contributed by atoms with Gasteiger partial charge in [-0.1, -0.05) is 28.9 Å². The second kappa shape index (κ2) is 4.81. The third-order valence-corrected chi connectivity index (χ3v) is 2.43. The summed E-state index contributed by atoms with van der Waals surface area (Å²) in [5.74, 6) is 0.276. The van der Waals surface area contributed by atoms with Crippen LogP contribution >= 0.6 is 11.6 Å². The molecule has 0 unspecified atom stereocenters. The maximum absolute atomic E-state index is 12.6. The summed E-state index contributed by atoms with van der Waals surface area (Å²) in [7, 11) is 0. The number of hydrogen-bond donors (Lipinski definition) is 0. The maximum Gasteiger partial charge on any atom is 0.417 e. The predicted molar refractivity (Wildman–Crippen MR) is 59.7 cm³/mol. The summed E-state index contributed by atoms with van der Waals surface area (Å²) in [4.78, 5) is 3.71. The minimum absolute atomic E-state index is 0.276. The number of halogens is 4. The zero-order chi connectivity index (χ0) is 13.2. The first-order valence-electron chi connectivity index (χ1n) is 4.78. The minimum Gasteiger partial charge on any atom is -0.342 e. The van der Waals surface area contributed by atoms with Crippen molar-refractivity contribution < 1.29 is 17.7 Å². The van der Waals surface area contributed by atoms with Crippen molar-refractivity contribution in [1.82, 2.24) is 10.1 Å². The smallest absolute Gasteiger partial charge is 0.342 e. The van der Waals surface area contributed by atoms with Crippen LogP contribution in [0.5, 0.6) is 0 Å². The zero-order valence-electron chi connectivity index (χ0n) is 8.78. The second-order valence-electron chi connectivity index (χ2n) is 3.36. The first kappa shape index (κ1) is 12.6. The first-order valence-corrected chi connectivity index (χ1v) is 5.16. The summed E-state index contributed by atoms with van der Waals surface area (Å²) in [5.41, 5.74) is -0.532. The van der Waals surface area contributed by atoms with Gasteiger partial charge in [0.05, 0.1) is 10.6 Å². The van der Waals surface area contributed by atoms with Crippen molar-refractivity contribution in [3.63, 3.8) is 0 Å². The third-order valence-electron chi connectivity index (χ3n) is 2.10. The van der Waals surface area contributed by atoms with E-state index in [0.717, 1.165) is 12.5 Å². The molecule has 0 bridgehead atoms. The molecule has 7 heteroatoms. The quantitative estimate of drug-likeness (QED) is 0.833. The number of alkyl halides is 3. The Morgan fingerprint density at radius 2 is 2.00 bits per heavy atom. The Hall–Kier alpha value is -1.82. The molecule has 0 fully saturated rings. The second-order valence-corrected chi connectivity index (χ2v) is 3.77. The molecule has 0 N–H and O–H groups in total. The normalized spacial score (nSPS) is 12.2. The minimum atomic E-state index is -4.48. The van der Waals surface area contributed by atoms with E-state index in [1.54, 1.807) is 0 Å². The molecule has 1 aromatic carbocycles. The van der Waals surface area contributed by atoms with Gasteiger partial charge in [0.2, 0.25) is 6.39 Å². The molecule has 18 heavy (non-hydrogen) atoms. The summed E-state index contributed by atoms with van der Waals surface area (Å²) in [6.07, 6.45) is -0.473. The molecule has 0 amide bonds. The molecule has 2 rings (SSSR count). The SMILES string of the molecule is FC(F)(F)c1cc(/C=C/c2ncon2)ccc1Cl. The van der Waals surface area contributed by atoms with E-state index in [1.165, 1.54) is 24.3 Å². The summed E-state index contributed by atoms with van der Waals surface area (Å²) in [6, 6.07) is 3.62. The fourth-order valence-electron chi connectivity index (χ4n) is 1.29. The van der Waals surface area contributed by atoms with Crippen molar-refractivity contribution >= 4 is 23.8 Å². The molecule has 0 saturated carbocycles. The van der Waals surface area contributed by atoms with Crippen LogP contribution in [0.25, 0.3) is 12.2 Å². The highest BCUT2D eigenvalue weighted by Crippen LogP contribution is 2.35. The molecule has 1 aromatic heterocycles. The van der Waals surface area contributed by atoms with Crippen LogP contribution in [0.1, 0.15) is 17.0 Å². The van der Waals surface area contributed by atoms with E-state index in [1.807, 2.05) is 0 Å². The van der Waals surface area contributed by atoms with Crippen LogP contribution in [0, 0.1) is 0 Å². The van der Waals surface area contributed by atoms with Crippen LogP contribution in [-0.4, -0.2) is 10.1 Å². The van der Waals surface area contributed by atoms with Crippen molar-refractivity contribution in [2.75, 3.05) is 0 Å². The molecule has 0 atom stereocenters. The van der Waals surface area contributed by atoms with Gasteiger partial charge in [0.1, 0.15) is 0 Å². The van der Waals surface area contributed by atoms with Gasteiger partial charge in [-0.25, -0.2) is 0 Å². The zero-order valence-corrected chi connectivity index (χ0v) is 9.53. The Labute approximate surface area is 105 Å². The average Bonchev–Trinajstić information content (AvgIpc) is 2.79. The van der Waals surface area contributed by atoms with Crippen LogP contribution in [-0.2, 0) is 6.18 Å². The average molecular weight is 275 g/mol.